The van der Waals surface area contributed by atoms with Gasteiger partial charge in [-0.15, -0.1) is 15.3 Å². The van der Waals surface area contributed by atoms with Crippen LogP contribution in [0.4, 0.5) is 5.82 Å². The summed E-state index contributed by atoms with van der Waals surface area (Å²) in [5.41, 5.74) is 6.41. The molecular weight excluding hydrogens is 682 g/mol. The van der Waals surface area contributed by atoms with E-state index in [1.165, 1.54) is 6.07 Å². The van der Waals surface area contributed by atoms with E-state index < -0.39 is 11.5 Å². The molecule has 0 atom stereocenters. The van der Waals surface area contributed by atoms with Gasteiger partial charge in [-0.1, -0.05) is 158 Å². The van der Waals surface area contributed by atoms with Crippen molar-refractivity contribution in [1.29, 1.82) is 0 Å². The smallest absolute Gasteiger partial charge is 0.342 e. The maximum Gasteiger partial charge on any atom is 0.342 e. The minimum atomic E-state index is -0.880. The summed E-state index contributed by atoms with van der Waals surface area (Å²) < 4.78 is 7.26. The third-order valence-electron chi connectivity index (χ3n) is 9.20. The molecule has 0 fully saturated rings. The first-order chi connectivity index (χ1) is 26.0. The van der Waals surface area contributed by atoms with Gasteiger partial charge in [0.15, 0.2) is 16.8 Å². The Hall–Kier alpha value is -6.19. The fourth-order valence-corrected chi connectivity index (χ4v) is 7.06. The quantitative estimate of drug-likeness (QED) is 0.0861. The average Bonchev–Trinajstić information content (AvgIpc) is 3.70. The van der Waals surface area contributed by atoms with Crippen LogP contribution in [-0.4, -0.2) is 49.5 Å². The zero-order valence-corrected chi connectivity index (χ0v) is 30.3. The van der Waals surface area contributed by atoms with Crippen LogP contribution in [-0.2, 0) is 16.8 Å². The van der Waals surface area contributed by atoms with Gasteiger partial charge in [-0.2, -0.15) is 0 Å². The SMILES string of the molecule is CCCN(Cc1ccc(-c2ccccc2-c2nnnn2C(c2ccccc2)(c2ccccc2)c2ccccc2)cc1)c1nnc(Cl)cc1C(=O)OCC. The molecule has 53 heavy (non-hydrogen) atoms. The summed E-state index contributed by atoms with van der Waals surface area (Å²) in [5, 5.41) is 22.3. The van der Waals surface area contributed by atoms with Crippen molar-refractivity contribution in [1.82, 2.24) is 30.4 Å². The highest BCUT2D eigenvalue weighted by Crippen LogP contribution is 2.43. The van der Waals surface area contributed by atoms with Gasteiger partial charge in [-0.25, -0.2) is 9.48 Å². The lowest BCUT2D eigenvalue weighted by Crippen LogP contribution is -2.39. The molecule has 0 aliphatic heterocycles. The second-order valence-corrected chi connectivity index (χ2v) is 12.9. The number of hydrogen-bond acceptors (Lipinski definition) is 8. The molecule has 7 aromatic rings. The standard InChI is InChI=1S/C43H38ClN7O2/c1-3-28-50(40-38(42(52)53-4-2)29-39(44)45-46-40)30-31-24-26-32(27-25-31)36-22-14-15-23-37(36)41-47-48-49-51(41)43(33-16-8-5-9-17-33,34-18-10-6-11-19-34)35-20-12-7-13-21-35/h5-27,29H,3-4,28,30H2,1-2H3. The summed E-state index contributed by atoms with van der Waals surface area (Å²) in [6, 6.07) is 49.2. The Morgan fingerprint density at radius 3 is 1.85 bits per heavy atom. The van der Waals surface area contributed by atoms with E-state index in [9.17, 15) is 4.79 Å². The van der Waals surface area contributed by atoms with Crippen molar-refractivity contribution in [2.75, 3.05) is 18.1 Å². The fraction of sp³-hybridized carbons (Fsp3) is 0.163. The highest BCUT2D eigenvalue weighted by molar-refractivity contribution is 6.29. The number of carbonyl (C=O) groups is 1. The molecule has 0 spiro atoms. The number of aromatic nitrogens is 6. The Bertz CT molecular complexity index is 2190. The van der Waals surface area contributed by atoms with Crippen molar-refractivity contribution in [2.24, 2.45) is 0 Å². The van der Waals surface area contributed by atoms with E-state index >= 15 is 0 Å². The number of carbonyl (C=O) groups excluding carboxylic acids is 1. The number of ether oxygens (including phenoxy) is 1. The highest BCUT2D eigenvalue weighted by Gasteiger charge is 2.42. The number of anilines is 1. The van der Waals surface area contributed by atoms with Crippen LogP contribution < -0.4 is 4.90 Å². The molecule has 0 radical (unpaired) electrons. The van der Waals surface area contributed by atoms with E-state index in [-0.39, 0.29) is 11.8 Å². The van der Waals surface area contributed by atoms with Gasteiger partial charge in [-0.3, -0.25) is 0 Å². The molecule has 0 amide bonds. The highest BCUT2D eigenvalue weighted by atomic mass is 35.5. The second-order valence-electron chi connectivity index (χ2n) is 12.5. The van der Waals surface area contributed by atoms with Gasteiger partial charge in [0.1, 0.15) is 11.1 Å². The maximum atomic E-state index is 12.8. The van der Waals surface area contributed by atoms with Crippen LogP contribution in [0, 0.1) is 0 Å². The molecule has 0 saturated heterocycles. The van der Waals surface area contributed by atoms with Crippen molar-refractivity contribution in [3.05, 3.63) is 179 Å². The van der Waals surface area contributed by atoms with Crippen LogP contribution in [0.2, 0.25) is 5.15 Å². The lowest BCUT2D eigenvalue weighted by Gasteiger charge is -2.36. The Labute approximate surface area is 313 Å². The van der Waals surface area contributed by atoms with Crippen molar-refractivity contribution < 1.29 is 9.53 Å². The normalized spacial score (nSPS) is 11.3. The van der Waals surface area contributed by atoms with Crippen LogP contribution in [0.3, 0.4) is 0 Å². The zero-order valence-electron chi connectivity index (χ0n) is 29.5. The van der Waals surface area contributed by atoms with Gasteiger partial charge in [0.05, 0.1) is 6.61 Å². The number of nitrogens with zero attached hydrogens (tertiary/aromatic N) is 7. The molecule has 9 nitrogen and oxygen atoms in total. The summed E-state index contributed by atoms with van der Waals surface area (Å²) in [5.74, 6) is 0.586. The van der Waals surface area contributed by atoms with Gasteiger partial charge in [0.25, 0.3) is 0 Å². The van der Waals surface area contributed by atoms with Crippen molar-refractivity contribution in [2.45, 2.75) is 32.4 Å². The molecule has 0 bridgehead atoms. The molecule has 10 heteroatoms. The molecule has 0 N–H and O–H groups in total. The summed E-state index contributed by atoms with van der Waals surface area (Å²) in [7, 11) is 0. The van der Waals surface area contributed by atoms with Crippen LogP contribution in [0.15, 0.2) is 146 Å². The molecule has 7 rings (SSSR count). The van der Waals surface area contributed by atoms with Crippen molar-refractivity contribution >= 4 is 23.4 Å². The molecule has 0 aliphatic carbocycles. The number of esters is 1. The summed E-state index contributed by atoms with van der Waals surface area (Å²) in [6.45, 7) is 5.25. The zero-order chi connectivity index (χ0) is 36.6. The largest absolute Gasteiger partial charge is 0.462 e. The molecule has 0 saturated carbocycles. The topological polar surface area (TPSA) is 98.9 Å². The lowest BCUT2D eigenvalue weighted by atomic mass is 9.77. The monoisotopic (exact) mass is 719 g/mol. The van der Waals surface area contributed by atoms with Gasteiger partial charge >= 0.3 is 5.97 Å². The van der Waals surface area contributed by atoms with Gasteiger partial charge in [0.2, 0.25) is 0 Å². The lowest BCUT2D eigenvalue weighted by molar-refractivity contribution is 0.0526. The summed E-state index contributed by atoms with van der Waals surface area (Å²) in [6.07, 6.45) is 0.836. The number of benzene rings is 5. The van der Waals surface area contributed by atoms with Crippen LogP contribution in [0.1, 0.15) is 52.9 Å². The maximum absolute atomic E-state index is 12.8. The van der Waals surface area contributed by atoms with E-state index in [1.54, 1.807) is 6.92 Å². The first-order valence-corrected chi connectivity index (χ1v) is 18.0. The molecule has 0 aliphatic rings. The van der Waals surface area contributed by atoms with Crippen molar-refractivity contribution in [3.8, 4) is 22.5 Å². The Balaban J connectivity index is 1.30. The third kappa shape index (κ3) is 7.03. The first kappa shape index (κ1) is 35.2. The van der Waals surface area contributed by atoms with E-state index in [2.05, 4.69) is 95.1 Å². The van der Waals surface area contributed by atoms with Crippen LogP contribution in [0.25, 0.3) is 22.5 Å². The summed E-state index contributed by atoms with van der Waals surface area (Å²) in [4.78, 5) is 14.9. The van der Waals surface area contributed by atoms with E-state index in [0.717, 1.165) is 45.4 Å². The molecule has 5 aromatic carbocycles. The number of rotatable bonds is 13. The number of tetrazole rings is 1. The Kier molecular flexibility index (Phi) is 10.6. The molecule has 0 unspecified atom stereocenters. The van der Waals surface area contributed by atoms with Crippen molar-refractivity contribution in [3.63, 3.8) is 0 Å². The number of halogens is 1. The van der Waals surface area contributed by atoms with E-state index in [4.69, 9.17) is 26.6 Å². The molecule has 264 valence electrons. The Morgan fingerprint density at radius 1 is 0.717 bits per heavy atom. The predicted molar refractivity (Wildman–Crippen MR) is 208 cm³/mol. The summed E-state index contributed by atoms with van der Waals surface area (Å²) >= 11 is 6.14. The Morgan fingerprint density at radius 2 is 1.28 bits per heavy atom. The number of hydrogen-bond donors (Lipinski definition) is 0. The molecular formula is C43H38ClN7O2. The van der Waals surface area contributed by atoms with Gasteiger partial charge in [0, 0.05) is 18.7 Å². The van der Waals surface area contributed by atoms with Gasteiger partial charge < -0.3 is 9.64 Å². The van der Waals surface area contributed by atoms with E-state index in [1.807, 2.05) is 76.3 Å². The second kappa shape index (κ2) is 16.0. The van der Waals surface area contributed by atoms with Crippen LogP contribution in [0.5, 0.6) is 0 Å². The molecule has 2 aromatic heterocycles. The minimum absolute atomic E-state index is 0.135. The minimum Gasteiger partial charge on any atom is -0.462 e. The fourth-order valence-electron chi connectivity index (χ4n) is 6.91. The van der Waals surface area contributed by atoms with Gasteiger partial charge in [-0.05, 0) is 63.2 Å². The van der Waals surface area contributed by atoms with Crippen LogP contribution >= 0.6 is 11.6 Å². The predicted octanol–water partition coefficient (Wildman–Crippen LogP) is 8.88. The average molecular weight is 720 g/mol. The molecule has 2 heterocycles. The van der Waals surface area contributed by atoms with E-state index in [0.29, 0.717) is 30.3 Å². The first-order valence-electron chi connectivity index (χ1n) is 17.6. The third-order valence-corrected chi connectivity index (χ3v) is 9.39.